The Bertz CT molecular complexity index is 765. The van der Waals surface area contributed by atoms with Gasteiger partial charge in [-0.2, -0.15) is 0 Å². The van der Waals surface area contributed by atoms with Crippen LogP contribution < -0.4 is 0 Å². The number of hydrogen-bond donors (Lipinski definition) is 2. The van der Waals surface area contributed by atoms with Crippen LogP contribution in [-0.4, -0.2) is 40.5 Å². The van der Waals surface area contributed by atoms with Gasteiger partial charge in [0.1, 0.15) is 12.4 Å². The van der Waals surface area contributed by atoms with E-state index in [2.05, 4.69) is 6.92 Å². The molecule has 0 aromatic heterocycles. The van der Waals surface area contributed by atoms with E-state index in [1.807, 2.05) is 19.9 Å². The Kier molecular flexibility index (Phi) is 6.71. The van der Waals surface area contributed by atoms with E-state index >= 15 is 0 Å². The predicted octanol–water partition coefficient (Wildman–Crippen LogP) is 3.38. The van der Waals surface area contributed by atoms with Crippen molar-refractivity contribution in [3.05, 3.63) is 23.3 Å². The van der Waals surface area contributed by atoms with Crippen molar-refractivity contribution in [1.29, 1.82) is 0 Å². The first-order chi connectivity index (χ1) is 13.5. The van der Waals surface area contributed by atoms with Crippen molar-refractivity contribution in [1.82, 2.24) is 0 Å². The minimum absolute atomic E-state index is 0.0303. The first-order valence-corrected chi connectivity index (χ1v) is 9.92. The van der Waals surface area contributed by atoms with Crippen LogP contribution in [0.4, 0.5) is 0 Å². The lowest BCUT2D eigenvalue weighted by molar-refractivity contribution is -0.162. The summed E-state index contributed by atoms with van der Waals surface area (Å²) in [6.45, 7) is 7.35. The molecule has 2 aliphatic rings. The number of fused-ring (bicyclic) bond motifs is 1. The van der Waals surface area contributed by atoms with E-state index < -0.39 is 35.3 Å². The Hall–Kier alpha value is -2.44. The standard InChI is InChI=1S/C22H30O7/c1-13-11-16(29-14(2)24)12-18-21(13,3)9-6-17(20(27)28)22(18,4)8-5-15(7-10-23)19(25)26/h7,10-11,16-18H,5-6,8-9,12H2,1-4H3,(H,25,26)(H,27,28). The fourth-order valence-corrected chi connectivity index (χ4v) is 5.49. The van der Waals surface area contributed by atoms with Crippen molar-refractivity contribution in [2.75, 3.05) is 0 Å². The quantitative estimate of drug-likeness (QED) is 0.288. The molecular formula is C22H30O7. The Balaban J connectivity index is 2.45. The van der Waals surface area contributed by atoms with Crippen LogP contribution in [0, 0.1) is 22.7 Å². The van der Waals surface area contributed by atoms with E-state index in [0.29, 0.717) is 32.0 Å². The monoisotopic (exact) mass is 406 g/mol. The second-order valence-corrected chi connectivity index (χ2v) is 8.77. The number of esters is 1. The number of carbonyl (C=O) groups excluding carboxylic acids is 2. The number of hydrogen-bond acceptors (Lipinski definition) is 5. The second kappa shape index (κ2) is 8.51. The Morgan fingerprint density at radius 1 is 1.28 bits per heavy atom. The van der Waals surface area contributed by atoms with Crippen LogP contribution in [0.3, 0.4) is 0 Å². The maximum absolute atomic E-state index is 12.1. The Labute approximate surface area is 170 Å². The van der Waals surface area contributed by atoms with Crippen LogP contribution in [0.1, 0.15) is 59.8 Å². The zero-order valence-electron chi connectivity index (χ0n) is 17.4. The third kappa shape index (κ3) is 4.43. The number of allylic oxidation sites excluding steroid dienone is 2. The molecule has 160 valence electrons. The van der Waals surface area contributed by atoms with Gasteiger partial charge in [-0.15, -0.1) is 0 Å². The van der Waals surface area contributed by atoms with E-state index in [-0.39, 0.29) is 23.3 Å². The summed E-state index contributed by atoms with van der Waals surface area (Å²) in [4.78, 5) is 45.9. The van der Waals surface area contributed by atoms with Gasteiger partial charge >= 0.3 is 17.9 Å². The molecule has 5 atom stereocenters. The molecule has 0 saturated heterocycles. The molecule has 7 nitrogen and oxygen atoms in total. The van der Waals surface area contributed by atoms with Gasteiger partial charge in [-0.25, -0.2) is 4.79 Å². The first-order valence-electron chi connectivity index (χ1n) is 9.92. The number of rotatable bonds is 7. The Morgan fingerprint density at radius 2 is 1.93 bits per heavy atom. The molecule has 29 heavy (non-hydrogen) atoms. The van der Waals surface area contributed by atoms with E-state index in [4.69, 9.17) is 4.74 Å². The molecule has 2 N–H and O–H groups in total. The van der Waals surface area contributed by atoms with Crippen LogP contribution in [0.5, 0.6) is 0 Å². The van der Waals surface area contributed by atoms with Crippen LogP contribution in [0.2, 0.25) is 0 Å². The highest BCUT2D eigenvalue weighted by Crippen LogP contribution is 2.62. The number of carbonyl (C=O) groups is 4. The zero-order chi connectivity index (χ0) is 22.0. The van der Waals surface area contributed by atoms with Gasteiger partial charge in [0, 0.05) is 12.5 Å². The average molecular weight is 406 g/mol. The zero-order valence-corrected chi connectivity index (χ0v) is 17.4. The van der Waals surface area contributed by atoms with Crippen LogP contribution >= 0.6 is 0 Å². The smallest absolute Gasteiger partial charge is 0.331 e. The fraction of sp³-hybridized carbons (Fsp3) is 0.636. The lowest BCUT2D eigenvalue weighted by Crippen LogP contribution is -2.54. The highest BCUT2D eigenvalue weighted by molar-refractivity contribution is 5.91. The minimum Gasteiger partial charge on any atom is -0.481 e. The third-order valence-electron chi connectivity index (χ3n) is 7.21. The van der Waals surface area contributed by atoms with Gasteiger partial charge in [0.2, 0.25) is 0 Å². The summed E-state index contributed by atoms with van der Waals surface area (Å²) >= 11 is 0. The minimum atomic E-state index is -1.18. The predicted molar refractivity (Wildman–Crippen MR) is 105 cm³/mol. The summed E-state index contributed by atoms with van der Waals surface area (Å²) < 4.78 is 5.43. The van der Waals surface area contributed by atoms with Crippen molar-refractivity contribution >= 4 is 24.2 Å². The fourth-order valence-electron chi connectivity index (χ4n) is 5.49. The number of aliphatic carboxylic acids is 2. The second-order valence-electron chi connectivity index (χ2n) is 8.77. The van der Waals surface area contributed by atoms with Gasteiger partial charge < -0.3 is 14.9 Å². The number of aldehydes is 1. The van der Waals surface area contributed by atoms with Gasteiger partial charge in [-0.3, -0.25) is 14.4 Å². The molecular weight excluding hydrogens is 376 g/mol. The van der Waals surface area contributed by atoms with E-state index in [1.165, 1.54) is 6.92 Å². The van der Waals surface area contributed by atoms with Gasteiger partial charge in [0.05, 0.1) is 5.92 Å². The summed E-state index contributed by atoms with van der Waals surface area (Å²) in [6, 6.07) is 0. The average Bonchev–Trinajstić information content (AvgIpc) is 2.60. The molecule has 2 aliphatic carbocycles. The van der Waals surface area contributed by atoms with Crippen LogP contribution in [-0.2, 0) is 23.9 Å². The lowest BCUT2D eigenvalue weighted by Gasteiger charge is -2.58. The van der Waals surface area contributed by atoms with Gasteiger partial charge in [-0.05, 0) is 67.9 Å². The summed E-state index contributed by atoms with van der Waals surface area (Å²) in [5, 5.41) is 19.3. The topological polar surface area (TPSA) is 118 Å². The van der Waals surface area contributed by atoms with Crippen molar-refractivity contribution in [2.24, 2.45) is 22.7 Å². The number of carboxylic acid groups (broad SMARTS) is 2. The maximum Gasteiger partial charge on any atom is 0.331 e. The highest BCUT2D eigenvalue weighted by atomic mass is 16.5. The molecule has 0 spiro atoms. The molecule has 0 amide bonds. The summed E-state index contributed by atoms with van der Waals surface area (Å²) in [7, 11) is 0. The third-order valence-corrected chi connectivity index (χ3v) is 7.21. The molecule has 5 unspecified atom stereocenters. The summed E-state index contributed by atoms with van der Waals surface area (Å²) in [6.07, 6.45) is 5.09. The molecule has 0 aromatic rings. The number of ether oxygens (including phenoxy) is 1. The molecule has 7 heteroatoms. The maximum atomic E-state index is 12.1. The highest BCUT2D eigenvalue weighted by Gasteiger charge is 2.57. The van der Waals surface area contributed by atoms with E-state index in [1.54, 1.807) is 0 Å². The molecule has 1 fully saturated rings. The molecule has 1 saturated carbocycles. The lowest BCUT2D eigenvalue weighted by atomic mass is 9.46. The van der Waals surface area contributed by atoms with Crippen LogP contribution in [0.15, 0.2) is 23.3 Å². The van der Waals surface area contributed by atoms with Crippen molar-refractivity contribution in [3.63, 3.8) is 0 Å². The van der Waals surface area contributed by atoms with Gasteiger partial charge in [0.15, 0.2) is 0 Å². The molecule has 2 rings (SSSR count). The van der Waals surface area contributed by atoms with Crippen molar-refractivity contribution < 1.29 is 34.1 Å². The SMILES string of the molecule is CC(=O)OC1C=C(C)C2(C)CCC(C(=O)O)C(C)(CCC(=CC=O)C(=O)O)C2C1. The van der Waals surface area contributed by atoms with Crippen LogP contribution in [0.25, 0.3) is 0 Å². The number of carboxylic acids is 2. The summed E-state index contributed by atoms with van der Waals surface area (Å²) in [5.74, 6) is -3.22. The van der Waals surface area contributed by atoms with Crippen molar-refractivity contribution in [3.8, 4) is 0 Å². The van der Waals surface area contributed by atoms with E-state index in [0.717, 1.165) is 11.6 Å². The largest absolute Gasteiger partial charge is 0.481 e. The normalized spacial score (nSPS) is 34.6. The van der Waals surface area contributed by atoms with Gasteiger partial charge in [-0.1, -0.05) is 19.4 Å². The first kappa shape index (κ1) is 22.8. The molecule has 0 radical (unpaired) electrons. The van der Waals surface area contributed by atoms with Crippen molar-refractivity contribution in [2.45, 2.75) is 65.9 Å². The Morgan fingerprint density at radius 3 is 2.45 bits per heavy atom. The van der Waals surface area contributed by atoms with E-state index in [9.17, 15) is 29.4 Å². The van der Waals surface area contributed by atoms with Gasteiger partial charge in [0.25, 0.3) is 0 Å². The molecule has 0 heterocycles. The summed E-state index contributed by atoms with van der Waals surface area (Å²) in [5.41, 5.74) is 0.0634. The molecule has 0 bridgehead atoms. The molecule has 0 aromatic carbocycles. The molecule has 0 aliphatic heterocycles.